The van der Waals surface area contributed by atoms with Crippen molar-refractivity contribution in [2.45, 2.75) is 50.3 Å². The van der Waals surface area contributed by atoms with E-state index in [0.717, 1.165) is 38.7 Å². The molecule has 86 valence electrons. The van der Waals surface area contributed by atoms with Crippen LogP contribution in [0.25, 0.3) is 0 Å². The minimum absolute atomic E-state index is 0.0919. The number of amides is 1. The molecular formula is C11H20N2O2. The van der Waals surface area contributed by atoms with Crippen LogP contribution in [0.15, 0.2) is 0 Å². The summed E-state index contributed by atoms with van der Waals surface area (Å²) in [4.78, 5) is 11.7. The summed E-state index contributed by atoms with van der Waals surface area (Å²) in [5, 5.41) is 6.34. The predicted molar refractivity (Wildman–Crippen MR) is 57.6 cm³/mol. The van der Waals surface area contributed by atoms with Crippen molar-refractivity contribution in [2.75, 3.05) is 13.7 Å². The Labute approximate surface area is 90.8 Å². The van der Waals surface area contributed by atoms with Gasteiger partial charge in [0.15, 0.2) is 0 Å². The molecule has 0 spiro atoms. The van der Waals surface area contributed by atoms with Gasteiger partial charge in [-0.1, -0.05) is 0 Å². The number of rotatable bonds is 3. The molecule has 15 heavy (non-hydrogen) atoms. The zero-order valence-electron chi connectivity index (χ0n) is 9.29. The highest BCUT2D eigenvalue weighted by Crippen LogP contribution is 2.20. The first-order valence-corrected chi connectivity index (χ1v) is 5.89. The molecule has 1 aliphatic heterocycles. The molecule has 2 rings (SSSR count). The third kappa shape index (κ3) is 2.69. The predicted octanol–water partition coefficient (Wildman–Crippen LogP) is 0.422. The second-order valence-electron chi connectivity index (χ2n) is 4.51. The average molecular weight is 212 g/mol. The van der Waals surface area contributed by atoms with Gasteiger partial charge in [-0.2, -0.15) is 0 Å². The molecule has 2 aliphatic rings. The normalized spacial score (nSPS) is 35.7. The summed E-state index contributed by atoms with van der Waals surface area (Å²) in [6, 6.07) is 0.916. The van der Waals surface area contributed by atoms with Gasteiger partial charge in [0.2, 0.25) is 5.91 Å². The Hall–Kier alpha value is -0.610. The summed E-state index contributed by atoms with van der Waals surface area (Å²) in [7, 11) is 1.98. The van der Waals surface area contributed by atoms with E-state index < -0.39 is 0 Å². The van der Waals surface area contributed by atoms with Crippen molar-refractivity contribution >= 4 is 5.91 Å². The van der Waals surface area contributed by atoms with E-state index in [0.29, 0.717) is 12.1 Å². The van der Waals surface area contributed by atoms with Gasteiger partial charge in [-0.3, -0.25) is 4.79 Å². The molecule has 1 saturated carbocycles. The fourth-order valence-corrected chi connectivity index (χ4v) is 2.45. The average Bonchev–Trinajstić information content (AvgIpc) is 2.87. The maximum Gasteiger partial charge on any atom is 0.249 e. The molecule has 2 fully saturated rings. The zero-order valence-corrected chi connectivity index (χ0v) is 9.29. The lowest BCUT2D eigenvalue weighted by molar-refractivity contribution is -0.130. The van der Waals surface area contributed by atoms with Gasteiger partial charge < -0.3 is 15.4 Å². The minimum Gasteiger partial charge on any atom is -0.368 e. The summed E-state index contributed by atoms with van der Waals surface area (Å²) < 4.78 is 5.35. The maximum atomic E-state index is 11.7. The van der Waals surface area contributed by atoms with Crippen molar-refractivity contribution in [3.63, 3.8) is 0 Å². The van der Waals surface area contributed by atoms with Crippen LogP contribution in [-0.2, 0) is 9.53 Å². The number of carbonyl (C=O) groups is 1. The molecule has 0 aromatic rings. The lowest BCUT2D eigenvalue weighted by Gasteiger charge is -2.16. The highest BCUT2D eigenvalue weighted by molar-refractivity contribution is 5.81. The van der Waals surface area contributed by atoms with Crippen LogP contribution < -0.4 is 10.6 Å². The number of nitrogens with one attached hydrogen (secondary N) is 2. The van der Waals surface area contributed by atoms with Crippen molar-refractivity contribution in [3.05, 3.63) is 0 Å². The minimum atomic E-state index is -0.182. The second-order valence-corrected chi connectivity index (χ2v) is 4.51. The van der Waals surface area contributed by atoms with Gasteiger partial charge in [0, 0.05) is 18.7 Å². The van der Waals surface area contributed by atoms with Gasteiger partial charge in [-0.15, -0.1) is 0 Å². The maximum absolute atomic E-state index is 11.7. The molecule has 2 N–H and O–H groups in total. The van der Waals surface area contributed by atoms with Crippen LogP contribution in [0.4, 0.5) is 0 Å². The van der Waals surface area contributed by atoms with E-state index in [1.54, 1.807) is 0 Å². The summed E-state index contributed by atoms with van der Waals surface area (Å²) in [6.45, 7) is 0.738. The third-order valence-electron chi connectivity index (χ3n) is 3.41. The van der Waals surface area contributed by atoms with Crippen LogP contribution in [-0.4, -0.2) is 37.7 Å². The van der Waals surface area contributed by atoms with Crippen molar-refractivity contribution in [2.24, 2.45) is 0 Å². The van der Waals surface area contributed by atoms with E-state index in [4.69, 9.17) is 4.74 Å². The lowest BCUT2D eigenvalue weighted by Crippen LogP contribution is -2.40. The molecule has 4 heteroatoms. The van der Waals surface area contributed by atoms with Gasteiger partial charge in [-0.05, 0) is 39.2 Å². The van der Waals surface area contributed by atoms with Crippen LogP contribution in [0.1, 0.15) is 32.1 Å². The molecule has 0 unspecified atom stereocenters. The monoisotopic (exact) mass is 212 g/mol. The van der Waals surface area contributed by atoms with E-state index in [-0.39, 0.29) is 12.0 Å². The van der Waals surface area contributed by atoms with E-state index in [1.165, 1.54) is 0 Å². The highest BCUT2D eigenvalue weighted by atomic mass is 16.5. The Morgan fingerprint density at radius 3 is 2.67 bits per heavy atom. The standard InChI is InChI=1S/C11H20N2O2/c1-12-8-4-5-9(7-8)13-11(14)10-3-2-6-15-10/h8-10,12H,2-7H2,1H3,(H,13,14)/t8-,9+,10+/m1/s1. The van der Waals surface area contributed by atoms with Crippen LogP contribution in [0, 0.1) is 0 Å². The quantitative estimate of drug-likeness (QED) is 0.713. The molecule has 0 bridgehead atoms. The molecule has 1 amide bonds. The third-order valence-corrected chi connectivity index (χ3v) is 3.41. The highest BCUT2D eigenvalue weighted by Gasteiger charge is 2.29. The zero-order chi connectivity index (χ0) is 10.7. The SMILES string of the molecule is CN[C@@H]1CC[C@H](NC(=O)[C@@H]2CCCO2)C1. The smallest absolute Gasteiger partial charge is 0.249 e. The molecule has 1 heterocycles. The van der Waals surface area contributed by atoms with E-state index in [2.05, 4.69) is 10.6 Å². The Kier molecular flexibility index (Phi) is 3.59. The number of hydrogen-bond acceptors (Lipinski definition) is 3. The molecule has 0 aromatic carbocycles. The van der Waals surface area contributed by atoms with Gasteiger partial charge in [0.05, 0.1) is 0 Å². The van der Waals surface area contributed by atoms with Crippen molar-refractivity contribution in [1.29, 1.82) is 0 Å². The summed E-state index contributed by atoms with van der Waals surface area (Å²) in [5.74, 6) is 0.0919. The van der Waals surface area contributed by atoms with Crippen LogP contribution in [0.2, 0.25) is 0 Å². The van der Waals surface area contributed by atoms with Gasteiger partial charge in [-0.25, -0.2) is 0 Å². The molecule has 4 nitrogen and oxygen atoms in total. The molecular weight excluding hydrogens is 192 g/mol. The molecule has 1 aliphatic carbocycles. The first-order chi connectivity index (χ1) is 7.29. The van der Waals surface area contributed by atoms with E-state index >= 15 is 0 Å². The summed E-state index contributed by atoms with van der Waals surface area (Å²) in [5.41, 5.74) is 0. The first-order valence-electron chi connectivity index (χ1n) is 5.89. The molecule has 0 radical (unpaired) electrons. The first kappa shape index (κ1) is 10.9. The molecule has 1 saturated heterocycles. The Balaban J connectivity index is 1.74. The Bertz CT molecular complexity index is 227. The van der Waals surface area contributed by atoms with Gasteiger partial charge in [0.25, 0.3) is 0 Å². The Morgan fingerprint density at radius 1 is 1.27 bits per heavy atom. The lowest BCUT2D eigenvalue weighted by atomic mass is 10.2. The number of hydrogen-bond donors (Lipinski definition) is 2. The van der Waals surface area contributed by atoms with Crippen molar-refractivity contribution in [1.82, 2.24) is 10.6 Å². The summed E-state index contributed by atoms with van der Waals surface area (Å²) in [6.07, 6.45) is 5.01. The fraction of sp³-hybridized carbons (Fsp3) is 0.909. The van der Waals surface area contributed by atoms with E-state index in [1.807, 2.05) is 7.05 Å². The van der Waals surface area contributed by atoms with Crippen LogP contribution >= 0.6 is 0 Å². The van der Waals surface area contributed by atoms with E-state index in [9.17, 15) is 4.79 Å². The second kappa shape index (κ2) is 4.94. The molecule has 3 atom stereocenters. The Morgan fingerprint density at radius 2 is 2.07 bits per heavy atom. The topological polar surface area (TPSA) is 50.4 Å². The fourth-order valence-electron chi connectivity index (χ4n) is 2.45. The summed E-state index contributed by atoms with van der Waals surface area (Å²) >= 11 is 0. The van der Waals surface area contributed by atoms with Crippen molar-refractivity contribution in [3.8, 4) is 0 Å². The molecule has 0 aromatic heterocycles. The van der Waals surface area contributed by atoms with Gasteiger partial charge >= 0.3 is 0 Å². The number of carbonyl (C=O) groups excluding carboxylic acids is 1. The van der Waals surface area contributed by atoms with Crippen LogP contribution in [0.3, 0.4) is 0 Å². The largest absolute Gasteiger partial charge is 0.368 e. The number of ether oxygens (including phenoxy) is 1. The van der Waals surface area contributed by atoms with Crippen LogP contribution in [0.5, 0.6) is 0 Å². The van der Waals surface area contributed by atoms with Gasteiger partial charge in [0.1, 0.15) is 6.10 Å². The van der Waals surface area contributed by atoms with Crippen molar-refractivity contribution < 1.29 is 9.53 Å².